The molecule has 0 bridgehead atoms. The van der Waals surface area contributed by atoms with E-state index in [0.29, 0.717) is 6.92 Å². The molecule has 0 radical (unpaired) electrons. The van der Waals surface area contributed by atoms with Gasteiger partial charge in [-0.05, 0) is 13.3 Å². The van der Waals surface area contributed by atoms with Gasteiger partial charge in [-0.15, -0.1) is 0 Å². The molecule has 0 spiro atoms. The highest BCUT2D eigenvalue weighted by atomic mass is 19.4. The Balaban J connectivity index is 4.07. The Labute approximate surface area is 124 Å². The normalized spacial score (nSPS) is 14.3. The van der Waals surface area contributed by atoms with Crippen LogP contribution in [0.15, 0.2) is 0 Å². The SMILES string of the molecule is CC(OC(=O)CCCC(=O)OCC(F)(F)C(F)(F)F)C(F)(F)F. The van der Waals surface area contributed by atoms with Crippen LogP contribution in [0.4, 0.5) is 35.1 Å². The molecule has 0 rings (SSSR count). The maximum atomic E-state index is 12.4. The van der Waals surface area contributed by atoms with Gasteiger partial charge in [0.1, 0.15) is 0 Å². The van der Waals surface area contributed by atoms with Gasteiger partial charge in [0.05, 0.1) is 0 Å². The largest absolute Gasteiger partial charge is 0.459 e. The molecule has 0 fully saturated rings. The van der Waals surface area contributed by atoms with Gasteiger partial charge in [-0.25, -0.2) is 0 Å². The first-order valence-electron chi connectivity index (χ1n) is 6.03. The van der Waals surface area contributed by atoms with Crippen molar-refractivity contribution in [3.05, 3.63) is 0 Å². The van der Waals surface area contributed by atoms with Gasteiger partial charge in [-0.1, -0.05) is 0 Å². The maximum absolute atomic E-state index is 12.4. The third kappa shape index (κ3) is 7.98. The van der Waals surface area contributed by atoms with E-state index in [1.807, 2.05) is 0 Å². The Morgan fingerprint density at radius 1 is 0.913 bits per heavy atom. The van der Waals surface area contributed by atoms with E-state index in [0.717, 1.165) is 0 Å². The van der Waals surface area contributed by atoms with Gasteiger partial charge in [0, 0.05) is 12.8 Å². The predicted molar refractivity (Wildman–Crippen MR) is 57.4 cm³/mol. The number of carbonyl (C=O) groups is 2. The Bertz CT molecular complexity index is 415. The van der Waals surface area contributed by atoms with Crippen molar-refractivity contribution in [3.8, 4) is 0 Å². The van der Waals surface area contributed by atoms with Crippen LogP contribution >= 0.6 is 0 Å². The number of halogens is 8. The minimum Gasteiger partial charge on any atom is -0.459 e. The highest BCUT2D eigenvalue weighted by Crippen LogP contribution is 2.35. The molecule has 0 aromatic carbocycles. The molecule has 0 aromatic heterocycles. The van der Waals surface area contributed by atoms with Crippen LogP contribution in [0.3, 0.4) is 0 Å². The van der Waals surface area contributed by atoms with Crippen LogP contribution in [0.2, 0.25) is 0 Å². The minimum atomic E-state index is -5.88. The maximum Gasteiger partial charge on any atom is 0.456 e. The molecule has 0 aliphatic heterocycles. The lowest BCUT2D eigenvalue weighted by molar-refractivity contribution is -0.294. The highest BCUT2D eigenvalue weighted by molar-refractivity contribution is 5.72. The quantitative estimate of drug-likeness (QED) is 0.516. The van der Waals surface area contributed by atoms with Gasteiger partial charge >= 0.3 is 30.2 Å². The molecule has 0 amide bonds. The molecule has 0 saturated heterocycles. The van der Waals surface area contributed by atoms with Crippen LogP contribution in [-0.4, -0.2) is 42.9 Å². The van der Waals surface area contributed by atoms with Crippen LogP contribution in [0.1, 0.15) is 26.2 Å². The van der Waals surface area contributed by atoms with Gasteiger partial charge in [-0.3, -0.25) is 9.59 Å². The van der Waals surface area contributed by atoms with E-state index in [1.165, 1.54) is 0 Å². The van der Waals surface area contributed by atoms with Gasteiger partial charge in [-0.2, -0.15) is 35.1 Å². The lowest BCUT2D eigenvalue weighted by atomic mass is 10.2. The fourth-order valence-electron chi connectivity index (χ4n) is 1.03. The van der Waals surface area contributed by atoms with E-state index in [2.05, 4.69) is 9.47 Å². The summed E-state index contributed by atoms with van der Waals surface area (Å²) in [7, 11) is 0. The van der Waals surface area contributed by atoms with Crippen molar-refractivity contribution >= 4 is 11.9 Å². The number of rotatable bonds is 7. The summed E-state index contributed by atoms with van der Waals surface area (Å²) in [5, 5.41) is 0. The van der Waals surface area contributed by atoms with E-state index >= 15 is 0 Å². The molecule has 0 saturated carbocycles. The minimum absolute atomic E-state index is 0.431. The fourth-order valence-corrected chi connectivity index (χ4v) is 1.03. The van der Waals surface area contributed by atoms with E-state index in [9.17, 15) is 44.7 Å². The average molecular weight is 360 g/mol. The molecule has 0 heterocycles. The number of hydrogen-bond acceptors (Lipinski definition) is 4. The summed E-state index contributed by atoms with van der Waals surface area (Å²) in [5.74, 6) is -7.97. The van der Waals surface area contributed by atoms with Crippen LogP contribution in [0.25, 0.3) is 0 Å². The Kier molecular flexibility index (Phi) is 7.23. The second-order valence-corrected chi connectivity index (χ2v) is 4.39. The zero-order valence-electron chi connectivity index (χ0n) is 11.6. The number of hydrogen-bond donors (Lipinski definition) is 0. The molecule has 0 aliphatic carbocycles. The molecular weight excluding hydrogens is 348 g/mol. The number of esters is 2. The monoisotopic (exact) mass is 360 g/mol. The van der Waals surface area contributed by atoms with Crippen molar-refractivity contribution in [1.29, 1.82) is 0 Å². The zero-order chi connectivity index (χ0) is 18.5. The summed E-state index contributed by atoms with van der Waals surface area (Å²) in [6.45, 7) is -1.64. The summed E-state index contributed by atoms with van der Waals surface area (Å²) >= 11 is 0. The molecule has 0 aliphatic rings. The lowest BCUT2D eigenvalue weighted by Gasteiger charge is -2.19. The average Bonchev–Trinajstić information content (AvgIpc) is 2.33. The first-order valence-corrected chi connectivity index (χ1v) is 6.03. The third-order valence-electron chi connectivity index (χ3n) is 2.36. The summed E-state index contributed by atoms with van der Waals surface area (Å²) in [5.41, 5.74) is 0. The summed E-state index contributed by atoms with van der Waals surface area (Å²) in [6.07, 6.45) is -14.8. The topological polar surface area (TPSA) is 52.6 Å². The Morgan fingerprint density at radius 3 is 1.83 bits per heavy atom. The van der Waals surface area contributed by atoms with Crippen molar-refractivity contribution in [1.82, 2.24) is 0 Å². The first kappa shape index (κ1) is 21.4. The van der Waals surface area contributed by atoms with Crippen molar-refractivity contribution in [2.75, 3.05) is 6.61 Å². The number of ether oxygens (including phenoxy) is 2. The second kappa shape index (κ2) is 7.77. The Morgan fingerprint density at radius 2 is 1.39 bits per heavy atom. The summed E-state index contributed by atoms with van der Waals surface area (Å²) in [4.78, 5) is 21.9. The highest BCUT2D eigenvalue weighted by Gasteiger charge is 2.58. The molecule has 136 valence electrons. The smallest absolute Gasteiger partial charge is 0.456 e. The molecule has 0 aromatic rings. The van der Waals surface area contributed by atoms with Gasteiger partial charge in [0.25, 0.3) is 0 Å². The van der Waals surface area contributed by atoms with Crippen LogP contribution < -0.4 is 0 Å². The van der Waals surface area contributed by atoms with Crippen LogP contribution in [0.5, 0.6) is 0 Å². The van der Waals surface area contributed by atoms with Crippen molar-refractivity contribution in [2.24, 2.45) is 0 Å². The third-order valence-corrected chi connectivity index (χ3v) is 2.36. The predicted octanol–water partition coefficient (Wildman–Crippen LogP) is 3.39. The molecular formula is C11H12F8O4. The summed E-state index contributed by atoms with van der Waals surface area (Å²) < 4.78 is 104. The van der Waals surface area contributed by atoms with E-state index in [-0.39, 0.29) is 0 Å². The fraction of sp³-hybridized carbons (Fsp3) is 0.818. The molecule has 0 N–H and O–H groups in total. The molecule has 4 nitrogen and oxygen atoms in total. The van der Waals surface area contributed by atoms with Crippen LogP contribution in [0, 0.1) is 0 Å². The van der Waals surface area contributed by atoms with Crippen molar-refractivity contribution in [2.45, 2.75) is 50.6 Å². The Hall–Kier alpha value is -1.62. The second-order valence-electron chi connectivity index (χ2n) is 4.39. The van der Waals surface area contributed by atoms with Gasteiger partial charge in [0.15, 0.2) is 12.7 Å². The first-order chi connectivity index (χ1) is 10.2. The van der Waals surface area contributed by atoms with E-state index in [4.69, 9.17) is 0 Å². The molecule has 1 atom stereocenters. The molecule has 23 heavy (non-hydrogen) atoms. The number of carbonyl (C=O) groups excluding carboxylic acids is 2. The van der Waals surface area contributed by atoms with Crippen molar-refractivity contribution < 1.29 is 54.2 Å². The number of alkyl halides is 8. The lowest BCUT2D eigenvalue weighted by Crippen LogP contribution is -2.41. The van der Waals surface area contributed by atoms with Gasteiger partial charge in [0.2, 0.25) is 0 Å². The zero-order valence-corrected chi connectivity index (χ0v) is 11.6. The molecule has 1 unspecified atom stereocenters. The summed E-state index contributed by atoms with van der Waals surface area (Å²) in [6, 6.07) is 0. The van der Waals surface area contributed by atoms with E-state index < -0.39 is 62.2 Å². The van der Waals surface area contributed by atoms with Crippen molar-refractivity contribution in [3.63, 3.8) is 0 Å². The van der Waals surface area contributed by atoms with E-state index in [1.54, 1.807) is 0 Å². The van der Waals surface area contributed by atoms with Crippen LogP contribution in [-0.2, 0) is 19.1 Å². The van der Waals surface area contributed by atoms with Gasteiger partial charge < -0.3 is 9.47 Å². The standard InChI is InChI=1S/C11H12F8O4/c1-6(10(14,15)16)23-8(21)4-2-3-7(20)22-5-9(12,13)11(17,18)19/h6H,2-5H2,1H3. The molecule has 12 heteroatoms.